The van der Waals surface area contributed by atoms with Crippen LogP contribution in [0.25, 0.3) is 0 Å². The van der Waals surface area contributed by atoms with Crippen molar-refractivity contribution in [1.82, 2.24) is 10.2 Å². The molecular formula is C14H24N2O3S. The van der Waals surface area contributed by atoms with E-state index in [1.165, 1.54) is 5.56 Å². The summed E-state index contributed by atoms with van der Waals surface area (Å²) >= 11 is 0. The van der Waals surface area contributed by atoms with Crippen LogP contribution in [0.2, 0.25) is 0 Å². The van der Waals surface area contributed by atoms with Crippen LogP contribution in [-0.4, -0.2) is 44.0 Å². The molecule has 2 rings (SSSR count). The third kappa shape index (κ3) is 3.84. The van der Waals surface area contributed by atoms with Gasteiger partial charge in [-0.25, -0.2) is 8.42 Å². The van der Waals surface area contributed by atoms with Crippen LogP contribution in [0.1, 0.15) is 30.9 Å². The maximum atomic E-state index is 11.6. The number of nitrogens with one attached hydrogen (secondary N) is 1. The zero-order valence-electron chi connectivity index (χ0n) is 12.5. The molecule has 1 N–H and O–H groups in total. The Hall–Kier alpha value is -0.850. The third-order valence-corrected chi connectivity index (χ3v) is 5.60. The topological polar surface area (TPSA) is 62.6 Å². The van der Waals surface area contributed by atoms with Crippen molar-refractivity contribution in [3.05, 3.63) is 23.2 Å². The van der Waals surface area contributed by atoms with Gasteiger partial charge in [0.05, 0.1) is 18.1 Å². The Kier molecular flexibility index (Phi) is 4.88. The monoisotopic (exact) mass is 300 g/mol. The molecule has 0 bridgehead atoms. The van der Waals surface area contributed by atoms with Gasteiger partial charge in [-0.2, -0.15) is 0 Å². The molecule has 1 aliphatic rings. The maximum Gasteiger partial charge on any atom is 0.153 e. The first-order valence-electron chi connectivity index (χ1n) is 7.14. The van der Waals surface area contributed by atoms with E-state index in [0.717, 1.165) is 24.6 Å². The van der Waals surface area contributed by atoms with Crippen molar-refractivity contribution in [3.63, 3.8) is 0 Å². The van der Waals surface area contributed by atoms with E-state index in [4.69, 9.17) is 4.42 Å². The number of nitrogens with zero attached hydrogens (tertiary/aromatic N) is 1. The van der Waals surface area contributed by atoms with E-state index in [1.54, 1.807) is 0 Å². The molecular weight excluding hydrogens is 276 g/mol. The Morgan fingerprint density at radius 2 is 2.25 bits per heavy atom. The zero-order valence-corrected chi connectivity index (χ0v) is 13.3. The van der Waals surface area contributed by atoms with Gasteiger partial charge >= 0.3 is 0 Å². The van der Waals surface area contributed by atoms with Gasteiger partial charge in [-0.05, 0) is 26.5 Å². The standard InChI is InChI=1S/C14H24N2O3S/c1-4-15-8-13-7-14(19-12(13)3)9-16-5-6-20(17,18)10-11(16)2/h7,11,15H,4-6,8-10H2,1-3H3. The van der Waals surface area contributed by atoms with Gasteiger partial charge in [-0.3, -0.25) is 4.90 Å². The summed E-state index contributed by atoms with van der Waals surface area (Å²) in [5.74, 6) is 2.36. The molecule has 1 aliphatic heterocycles. The van der Waals surface area contributed by atoms with Crippen LogP contribution in [0.5, 0.6) is 0 Å². The van der Waals surface area contributed by atoms with Gasteiger partial charge in [0.2, 0.25) is 0 Å². The average Bonchev–Trinajstić information content (AvgIpc) is 2.70. The van der Waals surface area contributed by atoms with E-state index < -0.39 is 9.84 Å². The van der Waals surface area contributed by atoms with E-state index in [2.05, 4.69) is 23.2 Å². The Bertz CT molecular complexity index is 551. The highest BCUT2D eigenvalue weighted by atomic mass is 32.2. The van der Waals surface area contributed by atoms with Crippen molar-refractivity contribution in [3.8, 4) is 0 Å². The van der Waals surface area contributed by atoms with E-state index in [0.29, 0.717) is 13.1 Å². The Labute approximate surface area is 121 Å². The van der Waals surface area contributed by atoms with Gasteiger partial charge in [0.25, 0.3) is 0 Å². The molecule has 20 heavy (non-hydrogen) atoms. The normalized spacial score (nSPS) is 23.1. The quantitative estimate of drug-likeness (QED) is 0.888. The van der Waals surface area contributed by atoms with Gasteiger partial charge < -0.3 is 9.73 Å². The molecule has 1 saturated heterocycles. The first-order chi connectivity index (χ1) is 9.41. The lowest BCUT2D eigenvalue weighted by molar-refractivity contribution is 0.200. The minimum absolute atomic E-state index is 0.0522. The van der Waals surface area contributed by atoms with Gasteiger partial charge in [0, 0.05) is 24.7 Å². The Balaban J connectivity index is 2.00. The highest BCUT2D eigenvalue weighted by Crippen LogP contribution is 2.19. The number of rotatable bonds is 5. The molecule has 1 atom stereocenters. The predicted molar refractivity (Wildman–Crippen MR) is 79.4 cm³/mol. The lowest BCUT2D eigenvalue weighted by atomic mass is 10.2. The number of aryl methyl sites for hydroxylation is 1. The lowest BCUT2D eigenvalue weighted by Crippen LogP contribution is -2.46. The molecule has 1 unspecified atom stereocenters. The summed E-state index contributed by atoms with van der Waals surface area (Å²) in [5, 5.41) is 3.29. The van der Waals surface area contributed by atoms with Crippen LogP contribution in [0.3, 0.4) is 0 Å². The van der Waals surface area contributed by atoms with Gasteiger partial charge in [-0.1, -0.05) is 6.92 Å². The fourth-order valence-electron chi connectivity index (χ4n) is 2.57. The summed E-state index contributed by atoms with van der Waals surface area (Å²) in [6, 6.07) is 2.13. The van der Waals surface area contributed by atoms with Crippen LogP contribution in [0, 0.1) is 6.92 Å². The molecule has 5 nitrogen and oxygen atoms in total. The highest BCUT2D eigenvalue weighted by Gasteiger charge is 2.28. The molecule has 0 spiro atoms. The SMILES string of the molecule is CCNCc1cc(CN2CCS(=O)(=O)CC2C)oc1C. The first-order valence-corrected chi connectivity index (χ1v) is 8.97. The second kappa shape index (κ2) is 6.28. The van der Waals surface area contributed by atoms with E-state index in [-0.39, 0.29) is 17.5 Å². The van der Waals surface area contributed by atoms with Crippen molar-refractivity contribution in [1.29, 1.82) is 0 Å². The second-order valence-corrected chi connectivity index (χ2v) is 7.74. The van der Waals surface area contributed by atoms with E-state index in [1.807, 2.05) is 13.8 Å². The largest absolute Gasteiger partial charge is 0.465 e. The van der Waals surface area contributed by atoms with Crippen molar-refractivity contribution in [2.45, 2.75) is 39.9 Å². The molecule has 0 radical (unpaired) electrons. The number of furan rings is 1. The van der Waals surface area contributed by atoms with Crippen LogP contribution < -0.4 is 5.32 Å². The summed E-state index contributed by atoms with van der Waals surface area (Å²) in [6.45, 7) is 9.03. The van der Waals surface area contributed by atoms with Crippen molar-refractivity contribution >= 4 is 9.84 Å². The summed E-state index contributed by atoms with van der Waals surface area (Å²) in [5.41, 5.74) is 1.18. The summed E-state index contributed by atoms with van der Waals surface area (Å²) < 4.78 is 28.9. The molecule has 1 aromatic rings. The predicted octanol–water partition coefficient (Wildman–Crippen LogP) is 1.32. The maximum absolute atomic E-state index is 11.6. The van der Waals surface area contributed by atoms with Crippen LogP contribution >= 0.6 is 0 Å². The van der Waals surface area contributed by atoms with Crippen LogP contribution in [0.4, 0.5) is 0 Å². The molecule has 2 heterocycles. The molecule has 1 fully saturated rings. The molecule has 0 amide bonds. The number of hydrogen-bond acceptors (Lipinski definition) is 5. The Morgan fingerprint density at radius 1 is 1.50 bits per heavy atom. The first kappa shape index (κ1) is 15.5. The number of sulfone groups is 1. The Morgan fingerprint density at radius 3 is 2.90 bits per heavy atom. The highest BCUT2D eigenvalue weighted by molar-refractivity contribution is 7.91. The van der Waals surface area contributed by atoms with Crippen LogP contribution in [-0.2, 0) is 22.9 Å². The van der Waals surface area contributed by atoms with Crippen molar-refractivity contribution in [2.24, 2.45) is 0 Å². The van der Waals surface area contributed by atoms with Crippen molar-refractivity contribution in [2.75, 3.05) is 24.6 Å². The van der Waals surface area contributed by atoms with E-state index >= 15 is 0 Å². The molecule has 1 aromatic heterocycles. The van der Waals surface area contributed by atoms with Crippen LogP contribution in [0.15, 0.2) is 10.5 Å². The van der Waals surface area contributed by atoms with Gasteiger partial charge in [0.1, 0.15) is 11.5 Å². The summed E-state index contributed by atoms with van der Waals surface area (Å²) in [6.07, 6.45) is 0. The van der Waals surface area contributed by atoms with Gasteiger partial charge in [-0.15, -0.1) is 0 Å². The molecule has 0 aromatic carbocycles. The van der Waals surface area contributed by atoms with Gasteiger partial charge in [0.15, 0.2) is 9.84 Å². The second-order valence-electron chi connectivity index (χ2n) is 5.51. The fourth-order valence-corrected chi connectivity index (χ4v) is 4.19. The summed E-state index contributed by atoms with van der Waals surface area (Å²) in [7, 11) is -2.85. The molecule has 6 heteroatoms. The summed E-state index contributed by atoms with van der Waals surface area (Å²) in [4.78, 5) is 2.18. The average molecular weight is 300 g/mol. The minimum Gasteiger partial charge on any atom is -0.465 e. The zero-order chi connectivity index (χ0) is 14.8. The minimum atomic E-state index is -2.85. The third-order valence-electron chi connectivity index (χ3n) is 3.80. The number of hydrogen-bond donors (Lipinski definition) is 1. The van der Waals surface area contributed by atoms with E-state index in [9.17, 15) is 8.42 Å². The van der Waals surface area contributed by atoms with Crippen molar-refractivity contribution < 1.29 is 12.8 Å². The molecule has 0 aliphatic carbocycles. The smallest absolute Gasteiger partial charge is 0.153 e. The fraction of sp³-hybridized carbons (Fsp3) is 0.714. The lowest BCUT2D eigenvalue weighted by Gasteiger charge is -2.32. The molecule has 114 valence electrons. The molecule has 0 saturated carbocycles.